The minimum atomic E-state index is -0.0221. The molecule has 1 aliphatic rings. The highest BCUT2D eigenvalue weighted by atomic mass is 16.1. The maximum Gasteiger partial charge on any atom is 0.221 e. The quantitative estimate of drug-likeness (QED) is 0.849. The fraction of sp³-hybridized carbons (Fsp3) is 0.611. The molecule has 1 aliphatic carbocycles. The molecule has 3 nitrogen and oxygen atoms in total. The van der Waals surface area contributed by atoms with Gasteiger partial charge in [0.15, 0.2) is 0 Å². The number of hydrogen-bond acceptors (Lipinski definition) is 2. The summed E-state index contributed by atoms with van der Waals surface area (Å²) < 4.78 is 0. The van der Waals surface area contributed by atoms with Gasteiger partial charge in [0, 0.05) is 24.7 Å². The molecule has 1 aromatic carbocycles. The van der Waals surface area contributed by atoms with Crippen molar-refractivity contribution < 1.29 is 4.79 Å². The van der Waals surface area contributed by atoms with Crippen molar-refractivity contribution >= 4 is 11.6 Å². The first kappa shape index (κ1) is 16.0. The fourth-order valence-electron chi connectivity index (χ4n) is 3.42. The Labute approximate surface area is 128 Å². The number of hydrogen-bond donors (Lipinski definition) is 2. The lowest BCUT2D eigenvalue weighted by molar-refractivity contribution is -0.114. The Hall–Kier alpha value is -1.35. The third-order valence-electron chi connectivity index (χ3n) is 4.60. The van der Waals surface area contributed by atoms with Crippen LogP contribution in [0.2, 0.25) is 0 Å². The van der Waals surface area contributed by atoms with E-state index in [-0.39, 0.29) is 5.91 Å². The van der Waals surface area contributed by atoms with E-state index < -0.39 is 0 Å². The van der Waals surface area contributed by atoms with E-state index >= 15 is 0 Å². The molecule has 1 fully saturated rings. The summed E-state index contributed by atoms with van der Waals surface area (Å²) in [6, 6.07) is 9.10. The molecule has 0 spiro atoms. The van der Waals surface area contributed by atoms with Crippen LogP contribution in [0.5, 0.6) is 0 Å². The highest BCUT2D eigenvalue weighted by Crippen LogP contribution is 2.29. The van der Waals surface area contributed by atoms with E-state index in [4.69, 9.17) is 0 Å². The lowest BCUT2D eigenvalue weighted by Gasteiger charge is -2.34. The molecular weight excluding hydrogens is 260 g/mol. The van der Waals surface area contributed by atoms with Crippen LogP contribution in [0, 0.1) is 5.92 Å². The van der Waals surface area contributed by atoms with Gasteiger partial charge < -0.3 is 10.6 Å². The van der Waals surface area contributed by atoms with Crippen LogP contribution in [0.25, 0.3) is 0 Å². The predicted octanol–water partition coefficient (Wildman–Crippen LogP) is 4.26. The lowest BCUT2D eigenvalue weighted by atomic mass is 9.82. The van der Waals surface area contributed by atoms with Gasteiger partial charge in [-0.25, -0.2) is 0 Å². The van der Waals surface area contributed by atoms with Gasteiger partial charge in [0.2, 0.25) is 5.91 Å². The van der Waals surface area contributed by atoms with Crippen molar-refractivity contribution in [3.8, 4) is 0 Å². The number of nitrogens with one attached hydrogen (secondary N) is 2. The molecule has 0 bridgehead atoms. The summed E-state index contributed by atoms with van der Waals surface area (Å²) in [5.41, 5.74) is 2.12. The Morgan fingerprint density at radius 1 is 1.33 bits per heavy atom. The average molecular weight is 288 g/mol. The fourth-order valence-corrected chi connectivity index (χ4v) is 3.42. The SMILES string of the molecule is CCC1CCCCC1NC(C)c1cccc(NC(C)=O)c1. The zero-order valence-corrected chi connectivity index (χ0v) is 13.5. The van der Waals surface area contributed by atoms with E-state index in [0.717, 1.165) is 11.6 Å². The summed E-state index contributed by atoms with van der Waals surface area (Å²) in [4.78, 5) is 11.2. The van der Waals surface area contributed by atoms with Crippen molar-refractivity contribution in [2.45, 2.75) is 65.0 Å². The van der Waals surface area contributed by atoms with E-state index in [2.05, 4.69) is 36.6 Å². The zero-order chi connectivity index (χ0) is 15.2. The number of rotatable bonds is 5. The molecule has 0 heterocycles. The zero-order valence-electron chi connectivity index (χ0n) is 13.5. The monoisotopic (exact) mass is 288 g/mol. The summed E-state index contributed by atoms with van der Waals surface area (Å²) >= 11 is 0. The Balaban J connectivity index is 2.01. The standard InChI is InChI=1S/C18H28N2O/c1-4-15-8-5-6-11-18(15)19-13(2)16-9-7-10-17(12-16)20-14(3)21/h7,9-10,12-13,15,18-19H,4-6,8,11H2,1-3H3,(H,20,21). The van der Waals surface area contributed by atoms with E-state index in [0.29, 0.717) is 12.1 Å². The van der Waals surface area contributed by atoms with Crippen molar-refractivity contribution in [1.82, 2.24) is 5.32 Å². The van der Waals surface area contributed by atoms with Gasteiger partial charge in [0.1, 0.15) is 0 Å². The molecule has 1 amide bonds. The minimum Gasteiger partial charge on any atom is -0.326 e. The number of carbonyl (C=O) groups excluding carboxylic acids is 1. The molecule has 3 unspecified atom stereocenters. The molecule has 1 saturated carbocycles. The highest BCUT2D eigenvalue weighted by Gasteiger charge is 2.24. The van der Waals surface area contributed by atoms with Gasteiger partial charge in [-0.2, -0.15) is 0 Å². The first-order valence-electron chi connectivity index (χ1n) is 8.23. The number of benzene rings is 1. The Bertz CT molecular complexity index is 472. The van der Waals surface area contributed by atoms with Crippen LogP contribution >= 0.6 is 0 Å². The van der Waals surface area contributed by atoms with E-state index in [1.807, 2.05) is 12.1 Å². The third kappa shape index (κ3) is 4.57. The van der Waals surface area contributed by atoms with Crippen LogP contribution in [-0.2, 0) is 4.79 Å². The molecule has 0 aromatic heterocycles. The summed E-state index contributed by atoms with van der Waals surface area (Å²) in [6.07, 6.45) is 6.62. The summed E-state index contributed by atoms with van der Waals surface area (Å²) in [5, 5.41) is 6.66. The second kappa shape index (κ2) is 7.60. The van der Waals surface area contributed by atoms with Crippen LogP contribution < -0.4 is 10.6 Å². The molecule has 1 aromatic rings. The van der Waals surface area contributed by atoms with Gasteiger partial charge in [0.05, 0.1) is 0 Å². The maximum atomic E-state index is 11.2. The molecule has 2 rings (SSSR count). The molecule has 3 heteroatoms. The van der Waals surface area contributed by atoms with E-state index in [1.165, 1.54) is 37.7 Å². The van der Waals surface area contributed by atoms with Gasteiger partial charge in [0.25, 0.3) is 0 Å². The van der Waals surface area contributed by atoms with Crippen LogP contribution in [0.3, 0.4) is 0 Å². The first-order chi connectivity index (χ1) is 10.1. The van der Waals surface area contributed by atoms with E-state index in [1.54, 1.807) is 6.92 Å². The predicted molar refractivity (Wildman–Crippen MR) is 88.3 cm³/mol. The van der Waals surface area contributed by atoms with Gasteiger partial charge in [-0.3, -0.25) is 4.79 Å². The van der Waals surface area contributed by atoms with Crippen molar-refractivity contribution in [3.63, 3.8) is 0 Å². The normalized spacial score (nSPS) is 23.6. The third-order valence-corrected chi connectivity index (χ3v) is 4.60. The average Bonchev–Trinajstić information content (AvgIpc) is 2.47. The van der Waals surface area contributed by atoms with Crippen molar-refractivity contribution in [2.24, 2.45) is 5.92 Å². The summed E-state index contributed by atoms with van der Waals surface area (Å²) in [6.45, 7) is 6.06. The number of carbonyl (C=O) groups is 1. The molecule has 0 aliphatic heterocycles. The topological polar surface area (TPSA) is 41.1 Å². The Morgan fingerprint density at radius 3 is 2.81 bits per heavy atom. The molecule has 2 N–H and O–H groups in total. The first-order valence-corrected chi connectivity index (χ1v) is 8.23. The maximum absolute atomic E-state index is 11.2. The van der Waals surface area contributed by atoms with Gasteiger partial charge in [-0.15, -0.1) is 0 Å². The van der Waals surface area contributed by atoms with Gasteiger partial charge >= 0.3 is 0 Å². The lowest BCUT2D eigenvalue weighted by Crippen LogP contribution is -2.39. The highest BCUT2D eigenvalue weighted by molar-refractivity contribution is 5.88. The van der Waals surface area contributed by atoms with Gasteiger partial charge in [-0.05, 0) is 43.4 Å². The summed E-state index contributed by atoms with van der Waals surface area (Å²) in [5.74, 6) is 0.783. The van der Waals surface area contributed by atoms with Crippen LogP contribution in [0.4, 0.5) is 5.69 Å². The van der Waals surface area contributed by atoms with Crippen molar-refractivity contribution in [3.05, 3.63) is 29.8 Å². The van der Waals surface area contributed by atoms with Crippen LogP contribution in [-0.4, -0.2) is 11.9 Å². The second-order valence-electron chi connectivity index (χ2n) is 6.25. The van der Waals surface area contributed by atoms with Crippen molar-refractivity contribution in [2.75, 3.05) is 5.32 Å². The smallest absolute Gasteiger partial charge is 0.221 e. The van der Waals surface area contributed by atoms with Crippen LogP contribution in [0.15, 0.2) is 24.3 Å². The number of anilines is 1. The van der Waals surface area contributed by atoms with E-state index in [9.17, 15) is 4.79 Å². The number of amides is 1. The second-order valence-corrected chi connectivity index (χ2v) is 6.25. The molecule has 0 radical (unpaired) electrons. The largest absolute Gasteiger partial charge is 0.326 e. The molecule has 0 saturated heterocycles. The molecule has 21 heavy (non-hydrogen) atoms. The molecule has 116 valence electrons. The summed E-state index contributed by atoms with van der Waals surface area (Å²) in [7, 11) is 0. The van der Waals surface area contributed by atoms with Crippen LogP contribution in [0.1, 0.15) is 64.5 Å². The molecule has 3 atom stereocenters. The van der Waals surface area contributed by atoms with Crippen molar-refractivity contribution in [1.29, 1.82) is 0 Å². The Kier molecular flexibility index (Phi) is 5.80. The van der Waals surface area contributed by atoms with Gasteiger partial charge in [-0.1, -0.05) is 38.3 Å². The minimum absolute atomic E-state index is 0.0221. The molecular formula is C18H28N2O. The Morgan fingerprint density at radius 2 is 2.10 bits per heavy atom.